The Bertz CT molecular complexity index is 725. The van der Waals surface area contributed by atoms with Gasteiger partial charge in [0.25, 0.3) is 0 Å². The van der Waals surface area contributed by atoms with Crippen molar-refractivity contribution in [3.63, 3.8) is 0 Å². The van der Waals surface area contributed by atoms with Gasteiger partial charge in [-0.2, -0.15) is 5.26 Å². The molecule has 0 bridgehead atoms. The molecule has 1 unspecified atom stereocenters. The first-order valence-corrected chi connectivity index (χ1v) is 6.74. The maximum Gasteiger partial charge on any atom is 0.353 e. The molecule has 20 heavy (non-hydrogen) atoms. The van der Waals surface area contributed by atoms with Crippen molar-refractivity contribution in [3.8, 4) is 11.1 Å². The highest BCUT2D eigenvalue weighted by Gasteiger charge is 2.37. The van der Waals surface area contributed by atoms with Crippen LogP contribution in [0.15, 0.2) is 30.3 Å². The van der Waals surface area contributed by atoms with Gasteiger partial charge >= 0.3 is 5.97 Å². The van der Waals surface area contributed by atoms with Crippen LogP contribution in [0.25, 0.3) is 11.1 Å². The predicted molar refractivity (Wildman–Crippen MR) is 77.2 cm³/mol. The van der Waals surface area contributed by atoms with E-state index in [4.69, 9.17) is 28.5 Å². The summed E-state index contributed by atoms with van der Waals surface area (Å²) in [7, 11) is 0. The second-order valence-corrected chi connectivity index (χ2v) is 5.55. The Balaban J connectivity index is 2.34. The van der Waals surface area contributed by atoms with E-state index in [0.717, 1.165) is 27.8 Å². The predicted octanol–water partition coefficient (Wildman–Crippen LogP) is 4.43. The lowest BCUT2D eigenvalue weighted by Crippen LogP contribution is -2.14. The number of fused-ring (bicyclic) bond motifs is 3. The van der Waals surface area contributed by atoms with Crippen molar-refractivity contribution in [1.29, 1.82) is 0 Å². The summed E-state index contributed by atoms with van der Waals surface area (Å²) in [5, 5.41) is 9.85. The molecule has 2 aromatic carbocycles. The minimum atomic E-state index is -0.738. The summed E-state index contributed by atoms with van der Waals surface area (Å²) < 4.78 is 0. The molecule has 0 fully saturated rings. The van der Waals surface area contributed by atoms with Crippen LogP contribution in [-0.2, 0) is 9.68 Å². The average Bonchev–Trinajstić information content (AvgIpc) is 2.76. The number of benzene rings is 2. The van der Waals surface area contributed by atoms with Gasteiger partial charge in [0, 0.05) is 10.0 Å². The van der Waals surface area contributed by atoms with Gasteiger partial charge in [-0.1, -0.05) is 35.3 Å². The zero-order valence-corrected chi connectivity index (χ0v) is 12.0. The van der Waals surface area contributed by atoms with Crippen LogP contribution in [0.4, 0.5) is 0 Å². The minimum Gasteiger partial charge on any atom is -0.300 e. The van der Waals surface area contributed by atoms with Crippen LogP contribution in [0.1, 0.15) is 22.6 Å². The molecule has 1 atom stereocenters. The van der Waals surface area contributed by atoms with Crippen LogP contribution in [0.5, 0.6) is 0 Å². The number of hydrogen-bond acceptors (Lipinski definition) is 3. The first kappa shape index (κ1) is 13.4. The second kappa shape index (κ2) is 4.77. The summed E-state index contributed by atoms with van der Waals surface area (Å²) in [6, 6.07) is 8.99. The third-order valence-electron chi connectivity index (χ3n) is 3.68. The third kappa shape index (κ3) is 1.82. The smallest absolute Gasteiger partial charge is 0.300 e. The van der Waals surface area contributed by atoms with E-state index in [1.165, 1.54) is 0 Å². The fraction of sp³-hybridized carbons (Fsp3) is 0.133. The van der Waals surface area contributed by atoms with Crippen LogP contribution in [-0.4, -0.2) is 11.2 Å². The van der Waals surface area contributed by atoms with E-state index in [1.54, 1.807) is 18.2 Å². The molecule has 102 valence electrons. The lowest BCUT2D eigenvalue weighted by atomic mass is 9.93. The first-order valence-electron chi connectivity index (χ1n) is 5.98. The Morgan fingerprint density at radius 2 is 1.90 bits per heavy atom. The van der Waals surface area contributed by atoms with E-state index in [1.807, 2.05) is 19.1 Å². The Morgan fingerprint density at radius 3 is 2.60 bits per heavy atom. The zero-order chi connectivity index (χ0) is 14.4. The molecule has 0 aliphatic heterocycles. The first-order chi connectivity index (χ1) is 9.54. The lowest BCUT2D eigenvalue weighted by molar-refractivity contribution is -0.235. The van der Waals surface area contributed by atoms with Gasteiger partial charge in [0.15, 0.2) is 0 Å². The molecule has 0 saturated heterocycles. The molecule has 3 nitrogen and oxygen atoms in total. The van der Waals surface area contributed by atoms with Gasteiger partial charge in [-0.15, -0.1) is 0 Å². The van der Waals surface area contributed by atoms with E-state index in [2.05, 4.69) is 4.89 Å². The fourth-order valence-electron chi connectivity index (χ4n) is 2.78. The van der Waals surface area contributed by atoms with Gasteiger partial charge in [0.2, 0.25) is 0 Å². The molecule has 2 aromatic rings. The van der Waals surface area contributed by atoms with E-state index in [0.29, 0.717) is 10.0 Å². The van der Waals surface area contributed by atoms with Crippen LogP contribution in [0, 0.1) is 6.92 Å². The zero-order valence-electron chi connectivity index (χ0n) is 10.5. The van der Waals surface area contributed by atoms with Crippen molar-refractivity contribution in [3.05, 3.63) is 57.1 Å². The van der Waals surface area contributed by atoms with E-state index in [9.17, 15) is 4.79 Å². The minimum absolute atomic E-state index is 0.524. The molecule has 1 aliphatic carbocycles. The molecule has 5 heteroatoms. The fourth-order valence-corrected chi connectivity index (χ4v) is 3.12. The number of carbonyl (C=O) groups excluding carboxylic acids is 1. The number of halogens is 2. The second-order valence-electron chi connectivity index (χ2n) is 4.71. The van der Waals surface area contributed by atoms with E-state index in [-0.39, 0.29) is 0 Å². The van der Waals surface area contributed by atoms with Gasteiger partial charge in [-0.3, -0.25) is 4.89 Å². The molecule has 0 amide bonds. The Hall–Kier alpha value is -1.55. The largest absolute Gasteiger partial charge is 0.353 e. The molecule has 0 saturated carbocycles. The summed E-state index contributed by atoms with van der Waals surface area (Å²) in [6.07, 6.45) is 0. The summed E-state index contributed by atoms with van der Waals surface area (Å²) in [4.78, 5) is 15.9. The lowest BCUT2D eigenvalue weighted by Gasteiger charge is -2.13. The van der Waals surface area contributed by atoms with Gasteiger partial charge in [-0.25, -0.2) is 4.79 Å². The van der Waals surface area contributed by atoms with Crippen LogP contribution >= 0.6 is 23.2 Å². The van der Waals surface area contributed by atoms with Crippen LogP contribution in [0.3, 0.4) is 0 Å². The quantitative estimate of drug-likeness (QED) is 0.626. The monoisotopic (exact) mass is 308 g/mol. The van der Waals surface area contributed by atoms with Gasteiger partial charge < -0.3 is 0 Å². The molecule has 0 radical (unpaired) electrons. The average molecular weight is 309 g/mol. The summed E-state index contributed by atoms with van der Waals surface area (Å²) in [5.74, 6) is -1.44. The van der Waals surface area contributed by atoms with Crippen molar-refractivity contribution in [2.24, 2.45) is 0 Å². The van der Waals surface area contributed by atoms with Gasteiger partial charge in [-0.05, 0) is 52.9 Å². The van der Waals surface area contributed by atoms with Gasteiger partial charge in [0.05, 0.1) is 0 Å². The molecule has 0 aromatic heterocycles. The normalized spacial score (nSPS) is 15.7. The maximum atomic E-state index is 12.0. The molecular weight excluding hydrogens is 299 g/mol. The topological polar surface area (TPSA) is 46.5 Å². The maximum absolute atomic E-state index is 12.0. The van der Waals surface area contributed by atoms with Crippen molar-refractivity contribution >= 4 is 29.2 Å². The molecule has 0 spiro atoms. The summed E-state index contributed by atoms with van der Waals surface area (Å²) in [6.45, 7) is 1.84. The molecular formula is C15H10Cl2O3. The third-order valence-corrected chi connectivity index (χ3v) is 4.32. The van der Waals surface area contributed by atoms with Crippen molar-refractivity contribution in [1.82, 2.24) is 0 Å². The van der Waals surface area contributed by atoms with Gasteiger partial charge in [0.1, 0.15) is 5.92 Å². The highest BCUT2D eigenvalue weighted by Crippen LogP contribution is 2.48. The Kier molecular flexibility index (Phi) is 3.21. The SMILES string of the molecule is Cc1c(Cl)ccc2c1C(C(=O)OO)c1cc(Cl)ccc1-2. The van der Waals surface area contributed by atoms with Crippen LogP contribution in [0.2, 0.25) is 10.0 Å². The summed E-state index contributed by atoms with van der Waals surface area (Å²) in [5.41, 5.74) is 4.09. The molecule has 1 N–H and O–H groups in total. The van der Waals surface area contributed by atoms with Crippen molar-refractivity contribution in [2.75, 3.05) is 0 Å². The van der Waals surface area contributed by atoms with Crippen molar-refractivity contribution < 1.29 is 14.9 Å². The van der Waals surface area contributed by atoms with E-state index < -0.39 is 11.9 Å². The Morgan fingerprint density at radius 1 is 1.20 bits per heavy atom. The highest BCUT2D eigenvalue weighted by atomic mass is 35.5. The molecule has 0 heterocycles. The number of carbonyl (C=O) groups is 1. The Labute approximate surface area is 125 Å². The van der Waals surface area contributed by atoms with Crippen LogP contribution < -0.4 is 0 Å². The number of rotatable bonds is 1. The standard InChI is InChI=1S/C15H10Cl2O3/c1-7-12(17)5-4-10-9-3-2-8(16)6-11(9)14(13(7)10)15(18)20-19/h2-6,14,19H,1H3. The molecule has 3 rings (SSSR count). The van der Waals surface area contributed by atoms with E-state index >= 15 is 0 Å². The van der Waals surface area contributed by atoms with Crippen molar-refractivity contribution in [2.45, 2.75) is 12.8 Å². The highest BCUT2D eigenvalue weighted by molar-refractivity contribution is 6.32. The summed E-state index contributed by atoms with van der Waals surface area (Å²) >= 11 is 12.1. The molecule has 1 aliphatic rings. The number of hydrogen-bond donors (Lipinski definition) is 1.